The van der Waals surface area contributed by atoms with Crippen molar-refractivity contribution in [1.82, 2.24) is 4.98 Å². The molecule has 0 aliphatic rings. The quantitative estimate of drug-likeness (QED) is 0.738. The van der Waals surface area contributed by atoms with Crippen molar-refractivity contribution in [2.45, 2.75) is 13.8 Å². The number of ether oxygens (including phenoxy) is 1. The first-order valence-corrected chi connectivity index (χ1v) is 7.01. The summed E-state index contributed by atoms with van der Waals surface area (Å²) < 4.78 is 5.95. The summed E-state index contributed by atoms with van der Waals surface area (Å²) in [6.07, 6.45) is 5.88. The molecule has 100 valence electrons. The number of methoxy groups -OCH3 is 1. The first-order valence-electron chi connectivity index (χ1n) is 6.21. The molecular formula is C16H18BrNO. The fourth-order valence-electron chi connectivity index (χ4n) is 1.43. The van der Waals surface area contributed by atoms with Crippen LogP contribution in [0.2, 0.25) is 0 Å². The highest BCUT2D eigenvalue weighted by atomic mass is 79.9. The number of aromatic nitrogens is 1. The lowest BCUT2D eigenvalue weighted by atomic mass is 10.1. The molecule has 3 heteroatoms. The van der Waals surface area contributed by atoms with Gasteiger partial charge < -0.3 is 4.74 Å². The molecule has 0 unspecified atom stereocenters. The van der Waals surface area contributed by atoms with Crippen molar-refractivity contribution in [3.05, 3.63) is 58.3 Å². The Morgan fingerprint density at radius 3 is 2.21 bits per heavy atom. The normalized spacial score (nSPS) is 9.89. The molecule has 0 bridgehead atoms. The maximum atomic E-state index is 5.11. The third-order valence-electron chi connectivity index (χ3n) is 2.33. The Morgan fingerprint density at radius 2 is 1.63 bits per heavy atom. The van der Waals surface area contributed by atoms with Gasteiger partial charge in [-0.25, -0.2) is 4.98 Å². The van der Waals surface area contributed by atoms with Crippen LogP contribution in [0.15, 0.2) is 47.2 Å². The highest BCUT2D eigenvalue weighted by Gasteiger charge is 1.92. The zero-order valence-electron chi connectivity index (χ0n) is 11.4. The van der Waals surface area contributed by atoms with Crippen molar-refractivity contribution in [2.24, 2.45) is 0 Å². The Labute approximate surface area is 123 Å². The predicted molar refractivity (Wildman–Crippen MR) is 85.2 cm³/mol. The van der Waals surface area contributed by atoms with E-state index in [1.54, 1.807) is 13.3 Å². The average molecular weight is 320 g/mol. The van der Waals surface area contributed by atoms with E-state index in [1.165, 1.54) is 0 Å². The third-order valence-corrected chi connectivity index (χ3v) is 2.77. The number of hydrogen-bond donors (Lipinski definition) is 0. The summed E-state index contributed by atoms with van der Waals surface area (Å²) in [7, 11) is 1.67. The summed E-state index contributed by atoms with van der Waals surface area (Å²) in [4.78, 5) is 4.08. The molecule has 0 aliphatic heterocycles. The highest BCUT2D eigenvalue weighted by Crippen LogP contribution is 2.15. The van der Waals surface area contributed by atoms with Crippen LogP contribution in [0, 0.1) is 0 Å². The lowest BCUT2D eigenvalue weighted by molar-refractivity contribution is 0.415. The fourth-order valence-corrected chi connectivity index (χ4v) is 1.81. The molecule has 2 aromatic rings. The van der Waals surface area contributed by atoms with Gasteiger partial charge >= 0.3 is 0 Å². The first-order chi connectivity index (χ1) is 9.28. The van der Waals surface area contributed by atoms with E-state index in [4.69, 9.17) is 4.74 Å². The van der Waals surface area contributed by atoms with Crippen LogP contribution in [0.4, 0.5) is 0 Å². The van der Waals surface area contributed by atoms with Crippen LogP contribution < -0.4 is 4.74 Å². The van der Waals surface area contributed by atoms with Gasteiger partial charge in [0.2, 0.25) is 0 Å². The standard InChI is InChI=1S/C14H12BrNO.C2H6/c1-17-13-6-4-11(5-7-13)2-3-12-8-9-16-14(15)10-12;1-2/h2-10H,1H3;1-2H3/b3-2+;. The molecule has 1 aromatic heterocycles. The molecule has 0 saturated heterocycles. The minimum atomic E-state index is 0.842. The van der Waals surface area contributed by atoms with Gasteiger partial charge in [0.1, 0.15) is 10.4 Å². The lowest BCUT2D eigenvalue weighted by Crippen LogP contribution is -1.81. The van der Waals surface area contributed by atoms with Crippen molar-refractivity contribution in [2.75, 3.05) is 7.11 Å². The zero-order chi connectivity index (χ0) is 14.1. The SMILES string of the molecule is CC.COc1ccc(/C=C/c2ccnc(Br)c2)cc1. The van der Waals surface area contributed by atoms with E-state index >= 15 is 0 Å². The van der Waals surface area contributed by atoms with Crippen molar-refractivity contribution in [3.8, 4) is 5.75 Å². The summed E-state index contributed by atoms with van der Waals surface area (Å²) in [5.74, 6) is 0.869. The second kappa shape index (κ2) is 8.48. The summed E-state index contributed by atoms with van der Waals surface area (Å²) >= 11 is 3.35. The minimum Gasteiger partial charge on any atom is -0.497 e. The number of nitrogens with zero attached hydrogens (tertiary/aromatic N) is 1. The molecule has 0 radical (unpaired) electrons. The molecule has 0 N–H and O–H groups in total. The van der Waals surface area contributed by atoms with Crippen LogP contribution in [0.5, 0.6) is 5.75 Å². The van der Waals surface area contributed by atoms with E-state index in [1.807, 2.05) is 56.3 Å². The Hall–Kier alpha value is -1.61. The second-order valence-corrected chi connectivity index (χ2v) is 4.33. The zero-order valence-corrected chi connectivity index (χ0v) is 13.0. The molecule has 0 spiro atoms. The Bertz CT molecular complexity index is 521. The Kier molecular flexibility index (Phi) is 6.90. The number of pyridine rings is 1. The van der Waals surface area contributed by atoms with Crippen LogP contribution in [0.25, 0.3) is 12.2 Å². The predicted octanol–water partition coefficient (Wildman–Crippen LogP) is 5.05. The molecule has 2 nitrogen and oxygen atoms in total. The van der Waals surface area contributed by atoms with Gasteiger partial charge in [-0.15, -0.1) is 0 Å². The minimum absolute atomic E-state index is 0.842. The topological polar surface area (TPSA) is 22.1 Å². The summed E-state index contributed by atoms with van der Waals surface area (Å²) in [6, 6.07) is 11.9. The molecule has 0 atom stereocenters. The largest absolute Gasteiger partial charge is 0.497 e. The van der Waals surface area contributed by atoms with Crippen LogP contribution in [0.3, 0.4) is 0 Å². The van der Waals surface area contributed by atoms with E-state index in [0.29, 0.717) is 0 Å². The van der Waals surface area contributed by atoms with E-state index in [0.717, 1.165) is 21.5 Å². The van der Waals surface area contributed by atoms with E-state index < -0.39 is 0 Å². The van der Waals surface area contributed by atoms with Gasteiger partial charge in [-0.2, -0.15) is 0 Å². The smallest absolute Gasteiger partial charge is 0.118 e. The van der Waals surface area contributed by atoms with Crippen LogP contribution in [0.1, 0.15) is 25.0 Å². The van der Waals surface area contributed by atoms with Crippen molar-refractivity contribution < 1.29 is 4.74 Å². The second-order valence-electron chi connectivity index (χ2n) is 3.52. The highest BCUT2D eigenvalue weighted by molar-refractivity contribution is 9.10. The van der Waals surface area contributed by atoms with Crippen molar-refractivity contribution in [1.29, 1.82) is 0 Å². The maximum absolute atomic E-state index is 5.11. The van der Waals surface area contributed by atoms with Crippen LogP contribution in [-0.2, 0) is 0 Å². The number of benzene rings is 1. The summed E-state index contributed by atoms with van der Waals surface area (Å²) in [6.45, 7) is 4.00. The van der Waals surface area contributed by atoms with Gasteiger partial charge in [0.05, 0.1) is 7.11 Å². The van der Waals surface area contributed by atoms with Gasteiger partial charge in [0, 0.05) is 6.20 Å². The van der Waals surface area contributed by atoms with Crippen molar-refractivity contribution in [3.63, 3.8) is 0 Å². The van der Waals surface area contributed by atoms with Gasteiger partial charge in [-0.1, -0.05) is 38.1 Å². The maximum Gasteiger partial charge on any atom is 0.118 e. The Morgan fingerprint density at radius 1 is 1.00 bits per heavy atom. The molecular weight excluding hydrogens is 302 g/mol. The lowest BCUT2D eigenvalue weighted by Gasteiger charge is -1.99. The molecule has 19 heavy (non-hydrogen) atoms. The van der Waals surface area contributed by atoms with Gasteiger partial charge in [0.15, 0.2) is 0 Å². The van der Waals surface area contributed by atoms with Gasteiger partial charge in [-0.05, 0) is 51.3 Å². The first kappa shape index (κ1) is 15.4. The van der Waals surface area contributed by atoms with Gasteiger partial charge in [0.25, 0.3) is 0 Å². The monoisotopic (exact) mass is 319 g/mol. The molecule has 2 rings (SSSR count). The Balaban J connectivity index is 0.000000861. The van der Waals surface area contributed by atoms with Crippen molar-refractivity contribution >= 4 is 28.1 Å². The van der Waals surface area contributed by atoms with E-state index in [9.17, 15) is 0 Å². The van der Waals surface area contributed by atoms with E-state index in [2.05, 4.69) is 27.0 Å². The van der Waals surface area contributed by atoms with E-state index in [-0.39, 0.29) is 0 Å². The van der Waals surface area contributed by atoms with Crippen LogP contribution in [-0.4, -0.2) is 12.1 Å². The number of hydrogen-bond acceptors (Lipinski definition) is 2. The number of rotatable bonds is 3. The fraction of sp³-hybridized carbons (Fsp3) is 0.188. The average Bonchev–Trinajstić information content (AvgIpc) is 2.48. The summed E-state index contributed by atoms with van der Waals surface area (Å²) in [5.41, 5.74) is 2.25. The van der Waals surface area contributed by atoms with Gasteiger partial charge in [-0.3, -0.25) is 0 Å². The molecule has 0 fully saturated rings. The van der Waals surface area contributed by atoms with Crippen LogP contribution >= 0.6 is 15.9 Å². The molecule has 0 aliphatic carbocycles. The molecule has 1 heterocycles. The summed E-state index contributed by atoms with van der Waals surface area (Å²) in [5, 5.41) is 0. The molecule has 0 saturated carbocycles. The third kappa shape index (κ3) is 5.26. The molecule has 1 aromatic carbocycles. The molecule has 0 amide bonds. The number of halogens is 1.